The molecule has 0 unspecified atom stereocenters. The van der Waals surface area contributed by atoms with Crippen LogP contribution in [0.2, 0.25) is 0 Å². The molecule has 0 bridgehead atoms. The quantitative estimate of drug-likeness (QED) is 0.885. The summed E-state index contributed by atoms with van der Waals surface area (Å²) in [5, 5.41) is 0. The van der Waals surface area contributed by atoms with Crippen LogP contribution in [0.15, 0.2) is 24.3 Å². The maximum atomic E-state index is 11.1. The van der Waals surface area contributed by atoms with E-state index in [1.165, 1.54) is 0 Å². The van der Waals surface area contributed by atoms with E-state index in [0.717, 1.165) is 23.8 Å². The molecule has 0 aliphatic carbocycles. The Balaban J connectivity index is 2.59. The SMILES string of the molecule is CCc1ccccc1COC(=O)NS(C)(=O)=O. The third kappa shape index (κ3) is 4.86. The number of hydrogen-bond donors (Lipinski definition) is 1. The zero-order valence-electron chi connectivity index (χ0n) is 9.76. The summed E-state index contributed by atoms with van der Waals surface area (Å²) in [7, 11) is -3.57. The minimum Gasteiger partial charge on any atom is -0.444 e. The van der Waals surface area contributed by atoms with Gasteiger partial charge >= 0.3 is 6.09 Å². The van der Waals surface area contributed by atoms with Crippen LogP contribution in [0.25, 0.3) is 0 Å². The van der Waals surface area contributed by atoms with E-state index in [9.17, 15) is 13.2 Å². The van der Waals surface area contributed by atoms with Crippen LogP contribution < -0.4 is 4.72 Å². The molecule has 0 radical (unpaired) electrons. The standard InChI is InChI=1S/C11H15NO4S/c1-3-9-6-4-5-7-10(9)8-16-11(13)12-17(2,14)15/h4-7H,3,8H2,1-2H3,(H,12,13). The van der Waals surface area contributed by atoms with Crippen LogP contribution in [-0.4, -0.2) is 20.8 Å². The summed E-state index contributed by atoms with van der Waals surface area (Å²) in [6.07, 6.45) is 0.764. The zero-order chi connectivity index (χ0) is 12.9. The minimum atomic E-state index is -3.57. The Morgan fingerprint density at radius 3 is 2.41 bits per heavy atom. The van der Waals surface area contributed by atoms with Crippen LogP contribution in [0.4, 0.5) is 4.79 Å². The number of carbonyl (C=O) groups is 1. The van der Waals surface area contributed by atoms with Crippen molar-refractivity contribution >= 4 is 16.1 Å². The Kier molecular flexibility index (Phi) is 4.51. The van der Waals surface area contributed by atoms with E-state index in [-0.39, 0.29) is 6.61 Å². The fraction of sp³-hybridized carbons (Fsp3) is 0.364. The van der Waals surface area contributed by atoms with Gasteiger partial charge in [0.1, 0.15) is 6.61 Å². The summed E-state index contributed by atoms with van der Waals surface area (Å²) in [5.74, 6) is 0. The molecule has 5 nitrogen and oxygen atoms in total. The first kappa shape index (κ1) is 13.5. The number of carbonyl (C=O) groups excluding carboxylic acids is 1. The van der Waals surface area contributed by atoms with Gasteiger partial charge in [-0.2, -0.15) is 0 Å². The second-order valence-electron chi connectivity index (χ2n) is 3.57. The van der Waals surface area contributed by atoms with Crippen molar-refractivity contribution in [3.05, 3.63) is 35.4 Å². The van der Waals surface area contributed by atoms with Gasteiger partial charge in [0.2, 0.25) is 10.0 Å². The molecule has 1 aromatic carbocycles. The average Bonchev–Trinajstić information content (AvgIpc) is 2.24. The number of ether oxygens (including phenoxy) is 1. The van der Waals surface area contributed by atoms with Crippen LogP contribution in [-0.2, 0) is 27.8 Å². The van der Waals surface area contributed by atoms with Gasteiger partial charge in [-0.3, -0.25) is 0 Å². The molecule has 1 aromatic rings. The van der Waals surface area contributed by atoms with Gasteiger partial charge in [0, 0.05) is 0 Å². The summed E-state index contributed by atoms with van der Waals surface area (Å²) in [5.41, 5.74) is 1.94. The number of benzene rings is 1. The molecule has 0 aliphatic heterocycles. The van der Waals surface area contributed by atoms with Gasteiger partial charge in [-0.25, -0.2) is 17.9 Å². The minimum absolute atomic E-state index is 0.0609. The smallest absolute Gasteiger partial charge is 0.421 e. The molecular weight excluding hydrogens is 242 g/mol. The Hall–Kier alpha value is -1.56. The average molecular weight is 257 g/mol. The van der Waals surface area contributed by atoms with Gasteiger partial charge in [0.05, 0.1) is 6.26 Å². The highest BCUT2D eigenvalue weighted by Gasteiger charge is 2.10. The first-order valence-corrected chi connectivity index (χ1v) is 7.03. The molecule has 1 N–H and O–H groups in total. The molecule has 0 aromatic heterocycles. The molecule has 6 heteroatoms. The van der Waals surface area contributed by atoms with Gasteiger partial charge in [0.25, 0.3) is 0 Å². The van der Waals surface area contributed by atoms with Crippen LogP contribution in [0.1, 0.15) is 18.1 Å². The van der Waals surface area contributed by atoms with Gasteiger partial charge in [-0.15, -0.1) is 0 Å². The van der Waals surface area contributed by atoms with Crippen molar-refractivity contribution in [1.29, 1.82) is 0 Å². The maximum Gasteiger partial charge on any atom is 0.421 e. The number of sulfonamides is 1. The van der Waals surface area contributed by atoms with Crippen molar-refractivity contribution in [1.82, 2.24) is 4.72 Å². The third-order valence-electron chi connectivity index (χ3n) is 2.13. The van der Waals surface area contributed by atoms with Crippen LogP contribution in [0.3, 0.4) is 0 Å². The summed E-state index contributed by atoms with van der Waals surface area (Å²) >= 11 is 0. The van der Waals surface area contributed by atoms with E-state index in [4.69, 9.17) is 4.74 Å². The maximum absolute atomic E-state index is 11.1. The van der Waals surface area contributed by atoms with E-state index < -0.39 is 16.1 Å². The Morgan fingerprint density at radius 2 is 1.88 bits per heavy atom. The molecule has 0 saturated carbocycles. The van der Waals surface area contributed by atoms with Gasteiger partial charge in [-0.05, 0) is 17.5 Å². The molecular formula is C11H15NO4S. The predicted octanol–water partition coefficient (Wildman–Crippen LogP) is 1.43. The fourth-order valence-electron chi connectivity index (χ4n) is 1.37. The Morgan fingerprint density at radius 1 is 1.29 bits per heavy atom. The Bertz CT molecular complexity index is 496. The molecule has 1 amide bonds. The van der Waals surface area contributed by atoms with Crippen LogP contribution in [0, 0.1) is 0 Å². The van der Waals surface area contributed by atoms with Crippen molar-refractivity contribution in [3.63, 3.8) is 0 Å². The first-order valence-electron chi connectivity index (χ1n) is 5.13. The monoisotopic (exact) mass is 257 g/mol. The fourth-order valence-corrected chi connectivity index (χ4v) is 1.73. The van der Waals surface area contributed by atoms with Gasteiger partial charge < -0.3 is 4.74 Å². The number of aryl methyl sites for hydroxylation is 1. The van der Waals surface area contributed by atoms with E-state index >= 15 is 0 Å². The lowest BCUT2D eigenvalue weighted by atomic mass is 10.1. The molecule has 17 heavy (non-hydrogen) atoms. The van der Waals surface area contributed by atoms with Crippen molar-refractivity contribution < 1.29 is 17.9 Å². The van der Waals surface area contributed by atoms with Crippen molar-refractivity contribution in [2.45, 2.75) is 20.0 Å². The highest BCUT2D eigenvalue weighted by atomic mass is 32.2. The summed E-state index contributed by atoms with van der Waals surface area (Å²) in [6, 6.07) is 7.52. The number of nitrogens with one attached hydrogen (secondary N) is 1. The van der Waals surface area contributed by atoms with Gasteiger partial charge in [-0.1, -0.05) is 31.2 Å². The second-order valence-corrected chi connectivity index (χ2v) is 5.32. The third-order valence-corrected chi connectivity index (χ3v) is 2.66. The normalized spacial score (nSPS) is 10.9. The van der Waals surface area contributed by atoms with Crippen LogP contribution in [0.5, 0.6) is 0 Å². The second kappa shape index (κ2) is 5.67. The molecule has 0 heterocycles. The van der Waals surface area contributed by atoms with Crippen molar-refractivity contribution in [2.24, 2.45) is 0 Å². The van der Waals surface area contributed by atoms with Gasteiger partial charge in [0.15, 0.2) is 0 Å². The van der Waals surface area contributed by atoms with E-state index in [1.807, 2.05) is 31.2 Å². The van der Waals surface area contributed by atoms with Crippen LogP contribution >= 0.6 is 0 Å². The lowest BCUT2D eigenvalue weighted by molar-refractivity contribution is 0.146. The zero-order valence-corrected chi connectivity index (χ0v) is 10.6. The molecule has 94 valence electrons. The molecule has 1 rings (SSSR count). The lowest BCUT2D eigenvalue weighted by Gasteiger charge is -2.08. The van der Waals surface area contributed by atoms with E-state index in [2.05, 4.69) is 0 Å². The molecule has 0 saturated heterocycles. The number of hydrogen-bond acceptors (Lipinski definition) is 4. The predicted molar refractivity (Wildman–Crippen MR) is 64.0 cm³/mol. The highest BCUT2D eigenvalue weighted by molar-refractivity contribution is 7.89. The van der Waals surface area contributed by atoms with Crippen molar-refractivity contribution in [2.75, 3.05) is 6.26 Å². The highest BCUT2D eigenvalue weighted by Crippen LogP contribution is 2.10. The first-order chi connectivity index (χ1) is 7.92. The number of amides is 1. The van der Waals surface area contributed by atoms with E-state index in [0.29, 0.717) is 0 Å². The molecule has 0 aliphatic rings. The number of rotatable bonds is 4. The summed E-state index contributed by atoms with van der Waals surface area (Å²) < 4.78 is 28.1. The van der Waals surface area contributed by atoms with E-state index in [1.54, 1.807) is 4.72 Å². The topological polar surface area (TPSA) is 72.5 Å². The lowest BCUT2D eigenvalue weighted by Crippen LogP contribution is -2.29. The molecule has 0 atom stereocenters. The molecule has 0 spiro atoms. The Labute approximate surface area is 101 Å². The largest absolute Gasteiger partial charge is 0.444 e. The summed E-state index contributed by atoms with van der Waals surface area (Å²) in [4.78, 5) is 11.1. The summed E-state index contributed by atoms with van der Waals surface area (Å²) in [6.45, 7) is 2.06. The van der Waals surface area contributed by atoms with Crippen molar-refractivity contribution in [3.8, 4) is 0 Å². The molecule has 0 fully saturated rings.